The first-order valence-corrected chi connectivity index (χ1v) is 16.5. The van der Waals surface area contributed by atoms with Crippen LogP contribution < -0.4 is 21.3 Å². The highest BCUT2D eigenvalue weighted by atomic mass is 16.5. The SMILES string of the molecule is CCCCCCCC(=O)NCCC(=O)NCC(=NC)N(C)C1C(=O)NCC(=O)N[C@H](C(=O)OC)Cc2ccc(O)c(c2)-c2cc1ccc2O. The number of esters is 1. The second kappa shape index (κ2) is 19.0. The van der Waals surface area contributed by atoms with E-state index in [1.807, 2.05) is 0 Å². The largest absolute Gasteiger partial charge is 0.507 e. The molecule has 4 amide bonds. The third kappa shape index (κ3) is 11.2. The van der Waals surface area contributed by atoms with Crippen molar-refractivity contribution in [3.05, 3.63) is 47.5 Å². The van der Waals surface area contributed by atoms with Crippen LogP contribution in [0.2, 0.25) is 0 Å². The summed E-state index contributed by atoms with van der Waals surface area (Å²) in [5, 5.41) is 32.3. The second-order valence-corrected chi connectivity index (χ2v) is 11.9. The molecule has 1 heterocycles. The van der Waals surface area contributed by atoms with Gasteiger partial charge in [0.05, 0.1) is 20.2 Å². The van der Waals surface area contributed by atoms with Crippen LogP contribution in [-0.2, 0) is 35.1 Å². The molecule has 1 aliphatic rings. The van der Waals surface area contributed by atoms with E-state index in [-0.39, 0.29) is 60.4 Å². The summed E-state index contributed by atoms with van der Waals surface area (Å²) >= 11 is 0. The van der Waals surface area contributed by atoms with Gasteiger partial charge in [0, 0.05) is 51.0 Å². The number of amides is 4. The van der Waals surface area contributed by atoms with Crippen LogP contribution in [0.15, 0.2) is 41.4 Å². The predicted molar refractivity (Wildman–Crippen MR) is 184 cm³/mol. The van der Waals surface area contributed by atoms with Gasteiger partial charge in [-0.2, -0.15) is 0 Å². The van der Waals surface area contributed by atoms with Gasteiger partial charge in [0.25, 0.3) is 0 Å². The summed E-state index contributed by atoms with van der Waals surface area (Å²) in [5.41, 5.74) is 1.43. The minimum absolute atomic E-state index is 0.0268. The van der Waals surface area contributed by atoms with E-state index in [4.69, 9.17) is 4.74 Å². The van der Waals surface area contributed by atoms with Crippen molar-refractivity contribution in [2.24, 2.45) is 4.99 Å². The van der Waals surface area contributed by atoms with Crippen LogP contribution in [0.5, 0.6) is 11.5 Å². The Labute approximate surface area is 286 Å². The fourth-order valence-electron chi connectivity index (χ4n) is 5.57. The van der Waals surface area contributed by atoms with Gasteiger partial charge in [0.2, 0.25) is 23.6 Å². The number of ether oxygens (including phenoxy) is 1. The van der Waals surface area contributed by atoms with Gasteiger partial charge in [-0.25, -0.2) is 4.79 Å². The number of nitrogens with one attached hydrogen (secondary N) is 4. The first-order chi connectivity index (χ1) is 23.5. The zero-order valence-corrected chi connectivity index (χ0v) is 28.6. The molecule has 14 nitrogen and oxygen atoms in total. The summed E-state index contributed by atoms with van der Waals surface area (Å²) in [6, 6.07) is 6.89. The highest BCUT2D eigenvalue weighted by molar-refractivity contribution is 5.95. The number of aromatic hydroxyl groups is 2. The fourth-order valence-corrected chi connectivity index (χ4v) is 5.57. The molecule has 0 spiro atoms. The third-order valence-corrected chi connectivity index (χ3v) is 8.30. The number of hydrogen-bond acceptors (Lipinski definition) is 9. The average Bonchev–Trinajstić information content (AvgIpc) is 3.08. The van der Waals surface area contributed by atoms with Crippen molar-refractivity contribution in [1.29, 1.82) is 0 Å². The Kier molecular flexibility index (Phi) is 14.9. The summed E-state index contributed by atoms with van der Waals surface area (Å²) in [7, 11) is 4.30. The van der Waals surface area contributed by atoms with Gasteiger partial charge in [-0.05, 0) is 41.8 Å². The van der Waals surface area contributed by atoms with Gasteiger partial charge in [0.1, 0.15) is 29.4 Å². The molecular weight excluding hydrogens is 632 g/mol. The van der Waals surface area contributed by atoms with Gasteiger partial charge in [-0.1, -0.05) is 44.7 Å². The smallest absolute Gasteiger partial charge is 0.328 e. The fraction of sp³-hybridized carbons (Fsp3) is 0.486. The van der Waals surface area contributed by atoms with E-state index in [0.29, 0.717) is 23.4 Å². The molecule has 0 radical (unpaired) electrons. The zero-order chi connectivity index (χ0) is 35.9. The molecule has 0 aliphatic carbocycles. The quantitative estimate of drug-likeness (QED) is 0.0794. The van der Waals surface area contributed by atoms with Gasteiger partial charge in [-0.3, -0.25) is 24.2 Å². The van der Waals surface area contributed by atoms with Crippen LogP contribution in [0, 0.1) is 0 Å². The number of unbranched alkanes of at least 4 members (excludes halogenated alkanes) is 4. The summed E-state index contributed by atoms with van der Waals surface area (Å²) in [4.78, 5) is 69.7. The number of rotatable bonds is 13. The van der Waals surface area contributed by atoms with Crippen LogP contribution in [0.1, 0.15) is 69.0 Å². The molecule has 0 saturated heterocycles. The molecule has 0 saturated carbocycles. The number of fused-ring (bicyclic) bond motifs is 5. The number of carbonyl (C=O) groups excluding carboxylic acids is 5. The molecule has 0 fully saturated rings. The number of hydrogen-bond donors (Lipinski definition) is 6. The molecule has 0 aromatic heterocycles. The summed E-state index contributed by atoms with van der Waals surface area (Å²) < 4.78 is 4.86. The molecule has 266 valence electrons. The summed E-state index contributed by atoms with van der Waals surface area (Å²) in [5.74, 6) is -2.36. The molecule has 3 rings (SSSR count). The Balaban J connectivity index is 1.80. The number of phenols is 2. The van der Waals surface area contributed by atoms with E-state index in [1.165, 1.54) is 37.3 Å². The van der Waals surface area contributed by atoms with Crippen molar-refractivity contribution < 1.29 is 38.9 Å². The van der Waals surface area contributed by atoms with E-state index in [1.54, 1.807) is 25.2 Å². The highest BCUT2D eigenvalue weighted by Gasteiger charge is 2.30. The molecule has 1 aliphatic heterocycles. The lowest BCUT2D eigenvalue weighted by molar-refractivity contribution is -0.145. The normalized spacial score (nSPS) is 16.4. The Morgan fingerprint density at radius 3 is 2.33 bits per heavy atom. The molecule has 6 N–H and O–H groups in total. The Hall–Kier alpha value is -5.14. The number of methoxy groups -OCH3 is 1. The Bertz CT molecular complexity index is 1530. The van der Waals surface area contributed by atoms with Crippen molar-refractivity contribution in [2.75, 3.05) is 40.8 Å². The number of nitrogens with zero attached hydrogens (tertiary/aromatic N) is 2. The monoisotopic (exact) mass is 680 g/mol. The van der Waals surface area contributed by atoms with E-state index in [2.05, 4.69) is 33.2 Å². The maximum absolute atomic E-state index is 13.7. The minimum Gasteiger partial charge on any atom is -0.507 e. The number of amidine groups is 1. The molecule has 2 atom stereocenters. The van der Waals surface area contributed by atoms with Crippen LogP contribution >= 0.6 is 0 Å². The second-order valence-electron chi connectivity index (χ2n) is 11.9. The van der Waals surface area contributed by atoms with Crippen molar-refractivity contribution in [3.63, 3.8) is 0 Å². The van der Waals surface area contributed by atoms with E-state index < -0.39 is 36.4 Å². The average molecular weight is 681 g/mol. The minimum atomic E-state index is -1.11. The lowest BCUT2D eigenvalue weighted by Gasteiger charge is -2.31. The maximum Gasteiger partial charge on any atom is 0.328 e. The van der Waals surface area contributed by atoms with Crippen LogP contribution in [-0.4, -0.2) is 97.4 Å². The predicted octanol–water partition coefficient (Wildman–Crippen LogP) is 2.08. The topological polar surface area (TPSA) is 199 Å². The Morgan fingerprint density at radius 1 is 0.959 bits per heavy atom. The lowest BCUT2D eigenvalue weighted by atomic mass is 9.94. The van der Waals surface area contributed by atoms with E-state index in [9.17, 15) is 34.2 Å². The highest BCUT2D eigenvalue weighted by Crippen LogP contribution is 2.38. The van der Waals surface area contributed by atoms with E-state index >= 15 is 0 Å². The third-order valence-electron chi connectivity index (χ3n) is 8.30. The van der Waals surface area contributed by atoms with Crippen molar-refractivity contribution in [1.82, 2.24) is 26.2 Å². The first kappa shape index (κ1) is 38.3. The molecule has 2 aromatic carbocycles. The van der Waals surface area contributed by atoms with Gasteiger partial charge < -0.3 is 41.1 Å². The molecular formula is C35H48N6O8. The van der Waals surface area contributed by atoms with Crippen LogP contribution in [0.3, 0.4) is 0 Å². The molecule has 4 bridgehead atoms. The summed E-state index contributed by atoms with van der Waals surface area (Å²) in [6.07, 6.45) is 5.69. The Morgan fingerprint density at radius 2 is 1.63 bits per heavy atom. The van der Waals surface area contributed by atoms with Crippen molar-refractivity contribution >= 4 is 35.4 Å². The van der Waals surface area contributed by atoms with Crippen LogP contribution in [0.25, 0.3) is 11.1 Å². The number of aliphatic imine (C=N–C) groups is 1. The van der Waals surface area contributed by atoms with Crippen LogP contribution in [0.4, 0.5) is 0 Å². The first-order valence-electron chi connectivity index (χ1n) is 16.5. The molecule has 49 heavy (non-hydrogen) atoms. The lowest BCUT2D eigenvalue weighted by Crippen LogP contribution is -2.50. The number of carbonyl (C=O) groups is 5. The molecule has 14 heteroatoms. The standard InChI is InChI=1S/C35H48N6O8/c1-5-6-7-8-9-10-30(44)37-16-15-31(45)38-20-29(36-2)41(3)33-23-12-14-28(43)25(19-23)24-17-22(11-13-27(24)42)18-26(35(48)49-4)40-32(46)21-39-34(33)47/h11-14,17,19,26,33,42-43H,5-10,15-16,18,20-21H2,1-4H3,(H,37,44)(H,38,45)(H,39,47)(H,40,46)/t26-,33?/m0/s1. The zero-order valence-electron chi connectivity index (χ0n) is 28.6. The van der Waals surface area contributed by atoms with Gasteiger partial charge >= 0.3 is 5.97 Å². The van der Waals surface area contributed by atoms with Crippen molar-refractivity contribution in [3.8, 4) is 22.6 Å². The van der Waals surface area contributed by atoms with Crippen molar-refractivity contribution in [2.45, 2.75) is 70.4 Å². The van der Waals surface area contributed by atoms with Gasteiger partial charge in [-0.15, -0.1) is 0 Å². The number of phenolic OH excluding ortho intramolecular Hbond substituents is 2. The number of benzene rings is 2. The molecule has 2 aromatic rings. The van der Waals surface area contributed by atoms with Gasteiger partial charge in [0.15, 0.2) is 0 Å². The molecule has 1 unspecified atom stereocenters. The number of likely N-dealkylation sites (N-methyl/N-ethyl adjacent to an activating group) is 1. The summed E-state index contributed by atoms with van der Waals surface area (Å²) in [6.45, 7) is 1.81. The van der Waals surface area contributed by atoms with E-state index in [0.717, 1.165) is 32.1 Å². The maximum atomic E-state index is 13.7.